The maximum Gasteiger partial charge on any atom is 0.271 e. The fraction of sp³-hybridized carbons (Fsp3) is 0.368. The zero-order valence-electron chi connectivity index (χ0n) is 16.0. The van der Waals surface area contributed by atoms with Gasteiger partial charge in [0.2, 0.25) is 0 Å². The summed E-state index contributed by atoms with van der Waals surface area (Å²) < 4.78 is 33.9. The number of ether oxygens (including phenoxy) is 1. The topological polar surface area (TPSA) is 98.5 Å². The van der Waals surface area contributed by atoms with Crippen LogP contribution in [0, 0.1) is 10.1 Å². The number of methoxy groups -OCH3 is 1. The van der Waals surface area contributed by atoms with Crippen molar-refractivity contribution in [3.8, 4) is 5.75 Å². The highest BCUT2D eigenvalue weighted by Gasteiger charge is 2.26. The quantitative estimate of drug-likeness (QED) is 0.546. The van der Waals surface area contributed by atoms with Crippen molar-refractivity contribution in [3.63, 3.8) is 0 Å². The van der Waals surface area contributed by atoms with Gasteiger partial charge in [-0.25, -0.2) is 8.42 Å². The van der Waals surface area contributed by atoms with Crippen LogP contribution in [-0.4, -0.2) is 20.5 Å². The van der Waals surface area contributed by atoms with Crippen LogP contribution in [0.1, 0.15) is 50.7 Å². The van der Waals surface area contributed by atoms with Crippen LogP contribution in [0.15, 0.2) is 41.3 Å². The van der Waals surface area contributed by atoms with Crippen LogP contribution in [-0.2, 0) is 10.0 Å². The van der Waals surface area contributed by atoms with Crippen molar-refractivity contribution in [1.29, 1.82) is 0 Å². The molecular weight excluding hydrogens is 368 g/mol. The van der Waals surface area contributed by atoms with Crippen LogP contribution in [0.3, 0.4) is 0 Å². The van der Waals surface area contributed by atoms with Gasteiger partial charge in [0.15, 0.2) is 0 Å². The molecule has 2 rings (SSSR count). The molecule has 7 nitrogen and oxygen atoms in total. The van der Waals surface area contributed by atoms with Gasteiger partial charge in [-0.1, -0.05) is 45.9 Å². The van der Waals surface area contributed by atoms with Crippen molar-refractivity contribution < 1.29 is 18.1 Å². The van der Waals surface area contributed by atoms with Crippen molar-refractivity contribution >= 4 is 21.4 Å². The molecule has 146 valence electrons. The molecule has 0 aromatic heterocycles. The number of sulfonamides is 1. The van der Waals surface area contributed by atoms with E-state index in [-0.39, 0.29) is 28.2 Å². The van der Waals surface area contributed by atoms with Crippen LogP contribution in [0.5, 0.6) is 5.75 Å². The van der Waals surface area contributed by atoms with Crippen LogP contribution < -0.4 is 9.46 Å². The lowest BCUT2D eigenvalue weighted by Crippen LogP contribution is -2.17. The number of hydrogen-bond donors (Lipinski definition) is 1. The van der Waals surface area contributed by atoms with E-state index in [2.05, 4.69) is 4.72 Å². The molecule has 0 aliphatic rings. The Morgan fingerprint density at radius 3 is 2.04 bits per heavy atom. The van der Waals surface area contributed by atoms with E-state index in [1.54, 1.807) is 0 Å². The molecule has 0 aliphatic carbocycles. The van der Waals surface area contributed by atoms with E-state index in [1.807, 2.05) is 45.9 Å². The summed E-state index contributed by atoms with van der Waals surface area (Å²) in [6, 6.07) is 9.15. The Kier molecular flexibility index (Phi) is 6.10. The molecule has 0 bridgehead atoms. The van der Waals surface area contributed by atoms with Crippen LogP contribution in [0.2, 0.25) is 0 Å². The van der Waals surface area contributed by atoms with Crippen LogP contribution >= 0.6 is 0 Å². The molecule has 27 heavy (non-hydrogen) atoms. The largest absolute Gasteiger partial charge is 0.495 e. The number of nitrogens with zero attached hydrogens (tertiary/aromatic N) is 1. The van der Waals surface area contributed by atoms with Gasteiger partial charge in [-0.05, 0) is 29.0 Å². The van der Waals surface area contributed by atoms with E-state index >= 15 is 0 Å². The second kappa shape index (κ2) is 7.96. The number of nitro benzene ring substituents is 1. The number of rotatable bonds is 7. The molecule has 0 fully saturated rings. The Morgan fingerprint density at radius 2 is 1.59 bits per heavy atom. The summed E-state index contributed by atoms with van der Waals surface area (Å²) in [6.07, 6.45) is 0. The number of nitro groups is 1. The minimum Gasteiger partial charge on any atom is -0.495 e. The number of para-hydroxylation sites is 1. The fourth-order valence-electron chi connectivity index (χ4n) is 2.85. The van der Waals surface area contributed by atoms with Crippen molar-refractivity contribution in [1.82, 2.24) is 0 Å². The summed E-state index contributed by atoms with van der Waals surface area (Å²) in [7, 11) is -2.78. The average molecular weight is 392 g/mol. The summed E-state index contributed by atoms with van der Waals surface area (Å²) in [5, 5.41) is 11.1. The van der Waals surface area contributed by atoms with Gasteiger partial charge in [-0.3, -0.25) is 14.8 Å². The van der Waals surface area contributed by atoms with E-state index in [4.69, 9.17) is 4.74 Å². The first kappa shape index (κ1) is 20.7. The lowest BCUT2D eigenvalue weighted by atomic mass is 9.93. The second-order valence-corrected chi connectivity index (χ2v) is 8.47. The highest BCUT2D eigenvalue weighted by Crippen LogP contribution is 2.36. The van der Waals surface area contributed by atoms with E-state index in [0.717, 1.165) is 17.2 Å². The molecular formula is C19H24N2O5S. The van der Waals surface area contributed by atoms with Crippen LogP contribution in [0.4, 0.5) is 11.4 Å². The molecule has 1 N–H and O–H groups in total. The Labute approximate surface area is 159 Å². The van der Waals surface area contributed by atoms with E-state index in [1.165, 1.54) is 19.2 Å². The van der Waals surface area contributed by atoms with Crippen molar-refractivity contribution in [2.45, 2.75) is 44.4 Å². The molecule has 2 aromatic rings. The van der Waals surface area contributed by atoms with Gasteiger partial charge in [0.1, 0.15) is 10.6 Å². The Hall–Kier alpha value is -2.61. The maximum absolute atomic E-state index is 13.1. The number of hydrogen-bond acceptors (Lipinski definition) is 5. The summed E-state index contributed by atoms with van der Waals surface area (Å²) in [6.45, 7) is 7.91. The number of anilines is 1. The predicted molar refractivity (Wildman–Crippen MR) is 105 cm³/mol. The number of nitrogens with one attached hydrogen (secondary N) is 1. The molecule has 0 amide bonds. The standard InChI is InChI=1S/C19H24N2O5S/c1-12(2)15-7-6-8-16(13(3)4)19(15)20-27(24,25)18-11-14(21(22)23)9-10-17(18)26-5/h6-13,20H,1-5H3. The zero-order chi connectivity index (χ0) is 20.4. The number of benzene rings is 2. The van der Waals surface area contributed by atoms with Crippen molar-refractivity contribution in [2.75, 3.05) is 11.8 Å². The first-order valence-electron chi connectivity index (χ1n) is 8.56. The molecule has 0 spiro atoms. The third kappa shape index (κ3) is 4.39. The highest BCUT2D eigenvalue weighted by molar-refractivity contribution is 7.92. The smallest absolute Gasteiger partial charge is 0.271 e. The Bertz CT molecular complexity index is 926. The molecule has 0 radical (unpaired) electrons. The third-order valence-corrected chi connectivity index (χ3v) is 5.63. The van der Waals surface area contributed by atoms with Gasteiger partial charge in [-0.2, -0.15) is 0 Å². The molecule has 0 aliphatic heterocycles. The Morgan fingerprint density at radius 1 is 1.04 bits per heavy atom. The minimum absolute atomic E-state index is 0.0428. The molecule has 8 heteroatoms. The lowest BCUT2D eigenvalue weighted by Gasteiger charge is -2.21. The Balaban J connectivity index is 2.64. The van der Waals surface area contributed by atoms with Gasteiger partial charge >= 0.3 is 0 Å². The van der Waals surface area contributed by atoms with Gasteiger partial charge < -0.3 is 4.74 Å². The summed E-state index contributed by atoms with van der Waals surface area (Å²) in [5.74, 6) is 0.225. The fourth-order valence-corrected chi connectivity index (χ4v) is 4.15. The molecule has 0 unspecified atom stereocenters. The predicted octanol–water partition coefficient (Wildman–Crippen LogP) is 4.65. The maximum atomic E-state index is 13.1. The molecule has 2 aromatic carbocycles. The second-order valence-electron chi connectivity index (χ2n) is 6.82. The highest BCUT2D eigenvalue weighted by atomic mass is 32.2. The number of non-ortho nitro benzene ring substituents is 1. The molecule has 0 atom stereocenters. The monoisotopic (exact) mass is 392 g/mol. The van der Waals surface area contributed by atoms with E-state index in [0.29, 0.717) is 5.69 Å². The first-order chi connectivity index (χ1) is 12.6. The lowest BCUT2D eigenvalue weighted by molar-refractivity contribution is -0.385. The van der Waals surface area contributed by atoms with E-state index in [9.17, 15) is 18.5 Å². The van der Waals surface area contributed by atoms with Crippen molar-refractivity contribution in [2.24, 2.45) is 0 Å². The third-order valence-electron chi connectivity index (χ3n) is 4.26. The van der Waals surface area contributed by atoms with E-state index < -0.39 is 14.9 Å². The molecule has 0 heterocycles. The average Bonchev–Trinajstić information content (AvgIpc) is 2.60. The zero-order valence-corrected chi connectivity index (χ0v) is 16.8. The SMILES string of the molecule is COc1ccc([N+](=O)[O-])cc1S(=O)(=O)Nc1c(C(C)C)cccc1C(C)C. The normalized spacial score (nSPS) is 11.7. The summed E-state index contributed by atoms with van der Waals surface area (Å²) in [5.41, 5.74) is 1.90. The summed E-state index contributed by atoms with van der Waals surface area (Å²) >= 11 is 0. The van der Waals surface area contributed by atoms with Crippen LogP contribution in [0.25, 0.3) is 0 Å². The van der Waals surface area contributed by atoms with Gasteiger partial charge in [0, 0.05) is 12.1 Å². The van der Waals surface area contributed by atoms with Gasteiger partial charge in [0.25, 0.3) is 15.7 Å². The first-order valence-corrected chi connectivity index (χ1v) is 10.0. The van der Waals surface area contributed by atoms with Gasteiger partial charge in [-0.15, -0.1) is 0 Å². The summed E-state index contributed by atoms with van der Waals surface area (Å²) in [4.78, 5) is 10.2. The van der Waals surface area contributed by atoms with Gasteiger partial charge in [0.05, 0.1) is 17.7 Å². The molecule has 0 saturated heterocycles. The molecule has 0 saturated carbocycles. The van der Waals surface area contributed by atoms with Crippen molar-refractivity contribution in [3.05, 3.63) is 57.6 Å². The minimum atomic E-state index is -4.10.